The molecule has 4 rings (SSSR count). The van der Waals surface area contributed by atoms with Crippen molar-refractivity contribution in [2.24, 2.45) is 0 Å². The molecule has 1 aromatic rings. The fourth-order valence-electron chi connectivity index (χ4n) is 4.06. The Balaban J connectivity index is 1.42. The van der Waals surface area contributed by atoms with Gasteiger partial charge in [0, 0.05) is 31.5 Å². The summed E-state index contributed by atoms with van der Waals surface area (Å²) in [4.78, 5) is 32.6. The zero-order chi connectivity index (χ0) is 17.2. The van der Waals surface area contributed by atoms with E-state index in [4.69, 9.17) is 4.74 Å². The molecular weight excluding hydrogens is 320 g/mol. The number of hydrogen-bond acceptors (Lipinski definition) is 4. The highest BCUT2D eigenvalue weighted by atomic mass is 16.5. The monoisotopic (exact) mass is 344 g/mol. The molecule has 7 nitrogen and oxygen atoms in total. The number of nitrogens with zero attached hydrogens (tertiary/aromatic N) is 3. The number of nitrogens with one attached hydrogen (secondary N) is 1. The molecule has 3 heterocycles. The van der Waals surface area contributed by atoms with Crippen LogP contribution >= 0.6 is 0 Å². The van der Waals surface area contributed by atoms with Crippen LogP contribution in [0.3, 0.4) is 0 Å². The third kappa shape index (κ3) is 3.46. The normalized spacial score (nSPS) is 26.8. The van der Waals surface area contributed by atoms with Gasteiger partial charge in [-0.25, -0.2) is 4.79 Å². The maximum atomic E-state index is 12.5. The minimum absolute atomic E-state index is 0.0175. The van der Waals surface area contributed by atoms with Gasteiger partial charge < -0.3 is 19.9 Å². The van der Waals surface area contributed by atoms with Gasteiger partial charge in [0.1, 0.15) is 6.61 Å². The first-order chi connectivity index (χ1) is 12.2. The SMILES string of the molecule is O=C(NC1CCCC1)N1C[C@@H]2[C@@H](C1)OCC(=O)N2Cc1ccncc1. The quantitative estimate of drug-likeness (QED) is 0.892. The lowest BCUT2D eigenvalue weighted by molar-refractivity contribution is -0.153. The summed E-state index contributed by atoms with van der Waals surface area (Å²) in [6.07, 6.45) is 7.86. The number of amides is 3. The number of carbonyl (C=O) groups is 2. The predicted molar refractivity (Wildman–Crippen MR) is 90.7 cm³/mol. The Hall–Kier alpha value is -2.15. The Morgan fingerprint density at radius 1 is 1.24 bits per heavy atom. The van der Waals surface area contributed by atoms with Crippen LogP contribution in [0.25, 0.3) is 0 Å². The van der Waals surface area contributed by atoms with Gasteiger partial charge in [0.15, 0.2) is 0 Å². The Kier molecular flexibility index (Phi) is 4.57. The number of likely N-dealkylation sites (tertiary alicyclic amines) is 1. The average molecular weight is 344 g/mol. The lowest BCUT2D eigenvalue weighted by atomic mass is 10.1. The molecule has 3 amide bonds. The number of morpholine rings is 1. The Morgan fingerprint density at radius 2 is 2.00 bits per heavy atom. The number of hydrogen-bond donors (Lipinski definition) is 1. The third-order valence-electron chi connectivity index (χ3n) is 5.45. The second kappa shape index (κ2) is 7.00. The van der Waals surface area contributed by atoms with Gasteiger partial charge in [-0.3, -0.25) is 9.78 Å². The van der Waals surface area contributed by atoms with Crippen molar-refractivity contribution in [3.8, 4) is 0 Å². The van der Waals surface area contributed by atoms with E-state index < -0.39 is 0 Å². The van der Waals surface area contributed by atoms with Crippen molar-refractivity contribution >= 4 is 11.9 Å². The highest BCUT2D eigenvalue weighted by Gasteiger charge is 2.44. The van der Waals surface area contributed by atoms with Crippen molar-refractivity contribution < 1.29 is 14.3 Å². The zero-order valence-corrected chi connectivity index (χ0v) is 14.3. The first-order valence-electron chi connectivity index (χ1n) is 9.06. The Labute approximate surface area is 147 Å². The minimum Gasteiger partial charge on any atom is -0.364 e. The smallest absolute Gasteiger partial charge is 0.317 e. The van der Waals surface area contributed by atoms with Crippen molar-refractivity contribution in [3.63, 3.8) is 0 Å². The molecule has 2 aliphatic heterocycles. The highest BCUT2D eigenvalue weighted by molar-refractivity contribution is 5.79. The molecular formula is C18H24N4O3. The molecule has 2 atom stereocenters. The van der Waals surface area contributed by atoms with Crippen LogP contribution in [0.1, 0.15) is 31.2 Å². The maximum Gasteiger partial charge on any atom is 0.317 e. The fourth-order valence-corrected chi connectivity index (χ4v) is 4.06. The fraction of sp³-hybridized carbons (Fsp3) is 0.611. The summed E-state index contributed by atoms with van der Waals surface area (Å²) in [6, 6.07) is 4.02. The summed E-state index contributed by atoms with van der Waals surface area (Å²) in [5.74, 6) is -0.0175. The van der Waals surface area contributed by atoms with E-state index in [9.17, 15) is 9.59 Å². The van der Waals surface area contributed by atoms with Crippen LogP contribution in [0.5, 0.6) is 0 Å². The van der Waals surface area contributed by atoms with Crippen molar-refractivity contribution in [2.75, 3.05) is 19.7 Å². The lowest BCUT2D eigenvalue weighted by Crippen LogP contribution is -2.53. The summed E-state index contributed by atoms with van der Waals surface area (Å²) in [7, 11) is 0. The van der Waals surface area contributed by atoms with Crippen LogP contribution in [-0.4, -0.2) is 64.6 Å². The minimum atomic E-state index is -0.103. The number of fused-ring (bicyclic) bond motifs is 1. The highest BCUT2D eigenvalue weighted by Crippen LogP contribution is 2.26. The van der Waals surface area contributed by atoms with Crippen molar-refractivity contribution in [1.82, 2.24) is 20.1 Å². The first-order valence-corrected chi connectivity index (χ1v) is 9.06. The summed E-state index contributed by atoms with van der Waals surface area (Å²) < 4.78 is 5.71. The van der Waals surface area contributed by atoms with E-state index in [-0.39, 0.29) is 30.7 Å². The topological polar surface area (TPSA) is 74.8 Å². The molecule has 1 saturated carbocycles. The van der Waals surface area contributed by atoms with E-state index in [1.165, 1.54) is 12.8 Å². The number of urea groups is 1. The van der Waals surface area contributed by atoms with Gasteiger partial charge in [-0.15, -0.1) is 0 Å². The molecule has 2 saturated heterocycles. The van der Waals surface area contributed by atoms with Crippen LogP contribution in [-0.2, 0) is 16.1 Å². The van der Waals surface area contributed by atoms with E-state index in [1.807, 2.05) is 17.0 Å². The molecule has 1 aromatic heterocycles. The standard InChI is InChI=1S/C18H24N4O3/c23-17-12-25-16-11-21(18(24)20-14-3-1-2-4-14)10-15(16)22(17)9-13-5-7-19-8-6-13/h5-8,14-16H,1-4,9-12H2,(H,20,24)/t15-,16-/m1/s1. The van der Waals surface area contributed by atoms with Crippen LogP contribution in [0.15, 0.2) is 24.5 Å². The van der Waals surface area contributed by atoms with E-state index in [0.29, 0.717) is 25.7 Å². The van der Waals surface area contributed by atoms with Gasteiger partial charge in [-0.1, -0.05) is 12.8 Å². The van der Waals surface area contributed by atoms with Crippen molar-refractivity contribution in [1.29, 1.82) is 0 Å². The van der Waals surface area contributed by atoms with Crippen LogP contribution in [0.4, 0.5) is 4.79 Å². The first kappa shape index (κ1) is 16.3. The van der Waals surface area contributed by atoms with E-state index in [0.717, 1.165) is 18.4 Å². The molecule has 0 unspecified atom stereocenters. The number of pyridine rings is 1. The van der Waals surface area contributed by atoms with Gasteiger partial charge in [0.25, 0.3) is 0 Å². The van der Waals surface area contributed by atoms with Crippen molar-refractivity contribution in [2.45, 2.75) is 50.4 Å². The molecule has 25 heavy (non-hydrogen) atoms. The largest absolute Gasteiger partial charge is 0.364 e. The van der Waals surface area contributed by atoms with Gasteiger partial charge in [0.05, 0.1) is 18.7 Å². The summed E-state index contributed by atoms with van der Waals surface area (Å²) in [6.45, 7) is 1.69. The van der Waals surface area contributed by atoms with E-state index in [1.54, 1.807) is 17.3 Å². The predicted octanol–water partition coefficient (Wildman–Crippen LogP) is 1.15. The third-order valence-corrected chi connectivity index (χ3v) is 5.45. The van der Waals surface area contributed by atoms with Gasteiger partial charge in [-0.2, -0.15) is 0 Å². The van der Waals surface area contributed by atoms with Gasteiger partial charge in [0.2, 0.25) is 5.91 Å². The number of rotatable bonds is 3. The number of carbonyl (C=O) groups excluding carboxylic acids is 2. The average Bonchev–Trinajstić information content (AvgIpc) is 3.28. The maximum absolute atomic E-state index is 12.5. The summed E-state index contributed by atoms with van der Waals surface area (Å²) >= 11 is 0. The molecule has 0 aromatic carbocycles. The second-order valence-electron chi connectivity index (χ2n) is 7.13. The molecule has 0 radical (unpaired) electrons. The summed E-state index contributed by atoms with van der Waals surface area (Å²) in [5, 5.41) is 3.13. The van der Waals surface area contributed by atoms with Crippen LogP contribution in [0, 0.1) is 0 Å². The van der Waals surface area contributed by atoms with Crippen LogP contribution in [0.2, 0.25) is 0 Å². The molecule has 1 N–H and O–H groups in total. The van der Waals surface area contributed by atoms with Crippen LogP contribution < -0.4 is 5.32 Å². The number of aromatic nitrogens is 1. The zero-order valence-electron chi connectivity index (χ0n) is 14.3. The molecule has 7 heteroatoms. The molecule has 3 fully saturated rings. The molecule has 0 bridgehead atoms. The van der Waals surface area contributed by atoms with Gasteiger partial charge in [-0.05, 0) is 30.5 Å². The number of ether oxygens (including phenoxy) is 1. The molecule has 134 valence electrons. The molecule has 3 aliphatic rings. The lowest BCUT2D eigenvalue weighted by Gasteiger charge is -2.36. The second-order valence-corrected chi connectivity index (χ2v) is 7.13. The Bertz CT molecular complexity index is 632. The molecule has 1 aliphatic carbocycles. The van der Waals surface area contributed by atoms with Crippen molar-refractivity contribution in [3.05, 3.63) is 30.1 Å². The van der Waals surface area contributed by atoms with E-state index >= 15 is 0 Å². The van der Waals surface area contributed by atoms with E-state index in [2.05, 4.69) is 10.3 Å². The summed E-state index contributed by atoms with van der Waals surface area (Å²) in [5.41, 5.74) is 1.04. The van der Waals surface area contributed by atoms with Gasteiger partial charge >= 0.3 is 6.03 Å². The molecule has 0 spiro atoms. The Morgan fingerprint density at radius 3 is 2.76 bits per heavy atom.